The summed E-state index contributed by atoms with van der Waals surface area (Å²) in [6, 6.07) is 11.1. The monoisotopic (exact) mass is 426 g/mol. The molecule has 1 aliphatic rings. The van der Waals surface area contributed by atoms with Crippen molar-refractivity contribution in [2.75, 3.05) is 18.4 Å². The zero-order valence-corrected chi connectivity index (χ0v) is 16.6. The molecule has 0 radical (unpaired) electrons. The molecule has 29 heavy (non-hydrogen) atoms. The summed E-state index contributed by atoms with van der Waals surface area (Å²) in [5.74, 6) is -0.544. The molecule has 0 aromatic heterocycles. The number of nitrogens with one attached hydrogen (secondary N) is 1. The van der Waals surface area contributed by atoms with Gasteiger partial charge in [-0.3, -0.25) is 4.79 Å². The molecule has 1 saturated heterocycles. The highest BCUT2D eigenvalue weighted by Crippen LogP contribution is 2.32. The molecule has 156 valence electrons. The van der Waals surface area contributed by atoms with Gasteiger partial charge in [-0.2, -0.15) is 17.5 Å². The van der Waals surface area contributed by atoms with Gasteiger partial charge in [-0.05, 0) is 49.6 Å². The average molecular weight is 426 g/mol. The van der Waals surface area contributed by atoms with Crippen molar-refractivity contribution < 1.29 is 26.4 Å². The third kappa shape index (κ3) is 4.79. The second-order valence-electron chi connectivity index (χ2n) is 7.01. The highest BCUT2D eigenvalue weighted by Gasteiger charge is 2.35. The zero-order valence-electron chi connectivity index (χ0n) is 15.7. The van der Waals surface area contributed by atoms with Gasteiger partial charge in [-0.1, -0.05) is 24.3 Å². The van der Waals surface area contributed by atoms with E-state index < -0.39 is 26.7 Å². The summed E-state index contributed by atoms with van der Waals surface area (Å²) in [5.41, 5.74) is 0.619. The van der Waals surface area contributed by atoms with Crippen LogP contribution in [0.5, 0.6) is 0 Å². The molecule has 2 aromatic rings. The fourth-order valence-corrected chi connectivity index (χ4v) is 4.80. The summed E-state index contributed by atoms with van der Waals surface area (Å²) >= 11 is 0. The molecule has 5 nitrogen and oxygen atoms in total. The van der Waals surface area contributed by atoms with Crippen LogP contribution in [0.1, 0.15) is 24.0 Å². The fourth-order valence-electron chi connectivity index (χ4n) is 3.29. The van der Waals surface area contributed by atoms with E-state index in [1.54, 1.807) is 6.07 Å². The Balaban J connectivity index is 1.67. The van der Waals surface area contributed by atoms with Crippen molar-refractivity contribution in [1.82, 2.24) is 4.31 Å². The molecule has 1 fully saturated rings. The van der Waals surface area contributed by atoms with Crippen molar-refractivity contribution in [2.24, 2.45) is 5.92 Å². The summed E-state index contributed by atoms with van der Waals surface area (Å²) in [6.07, 6.45) is -4.02. The molecule has 1 amide bonds. The molecular weight excluding hydrogens is 405 g/mol. The molecule has 0 unspecified atom stereocenters. The molecule has 2 aromatic carbocycles. The van der Waals surface area contributed by atoms with Crippen molar-refractivity contribution in [2.45, 2.75) is 30.8 Å². The Labute approximate surface area is 167 Å². The van der Waals surface area contributed by atoms with Gasteiger partial charge in [-0.25, -0.2) is 8.42 Å². The van der Waals surface area contributed by atoms with E-state index in [1.165, 1.54) is 0 Å². The van der Waals surface area contributed by atoms with E-state index in [2.05, 4.69) is 5.32 Å². The number of nitrogens with zero attached hydrogens (tertiary/aromatic N) is 1. The number of hydrogen-bond donors (Lipinski definition) is 1. The first-order valence-electron chi connectivity index (χ1n) is 9.13. The van der Waals surface area contributed by atoms with Crippen molar-refractivity contribution in [3.63, 3.8) is 0 Å². The van der Waals surface area contributed by atoms with Crippen molar-refractivity contribution in [3.05, 3.63) is 59.7 Å². The third-order valence-electron chi connectivity index (χ3n) is 5.03. The molecule has 1 aliphatic heterocycles. The van der Waals surface area contributed by atoms with E-state index in [9.17, 15) is 26.4 Å². The Morgan fingerprint density at radius 1 is 1.07 bits per heavy atom. The maximum Gasteiger partial charge on any atom is 0.416 e. The summed E-state index contributed by atoms with van der Waals surface area (Å²) in [4.78, 5) is 12.1. The second kappa shape index (κ2) is 8.16. The van der Waals surface area contributed by atoms with Gasteiger partial charge in [0.15, 0.2) is 0 Å². The number of carbonyl (C=O) groups is 1. The van der Waals surface area contributed by atoms with Crippen molar-refractivity contribution in [1.29, 1.82) is 0 Å². The Morgan fingerprint density at radius 2 is 1.72 bits per heavy atom. The van der Waals surface area contributed by atoms with E-state index in [1.807, 2.05) is 25.1 Å². The minimum atomic E-state index is -4.62. The molecule has 9 heteroatoms. The Morgan fingerprint density at radius 3 is 2.34 bits per heavy atom. The number of para-hydroxylation sites is 1. The lowest BCUT2D eigenvalue weighted by Crippen LogP contribution is -2.41. The number of aryl methyl sites for hydroxylation is 1. The van der Waals surface area contributed by atoms with Crippen LogP contribution in [-0.4, -0.2) is 31.7 Å². The van der Waals surface area contributed by atoms with Gasteiger partial charge >= 0.3 is 6.18 Å². The van der Waals surface area contributed by atoms with Crippen molar-refractivity contribution >= 4 is 21.6 Å². The number of rotatable bonds is 4. The van der Waals surface area contributed by atoms with Gasteiger partial charge in [0, 0.05) is 24.7 Å². The average Bonchev–Trinajstić information content (AvgIpc) is 2.69. The first kappa shape index (κ1) is 21.3. The van der Waals surface area contributed by atoms with Crippen LogP contribution in [0.2, 0.25) is 0 Å². The number of alkyl halides is 3. The number of halogens is 3. The van der Waals surface area contributed by atoms with Gasteiger partial charge in [0.2, 0.25) is 15.9 Å². The van der Waals surface area contributed by atoms with Crippen LogP contribution in [0.15, 0.2) is 53.4 Å². The predicted octanol–water partition coefficient (Wildman–Crippen LogP) is 4.05. The quantitative estimate of drug-likeness (QED) is 0.802. The van der Waals surface area contributed by atoms with Gasteiger partial charge in [0.1, 0.15) is 0 Å². The lowest BCUT2D eigenvalue weighted by molar-refractivity contribution is -0.137. The molecule has 0 atom stereocenters. The molecule has 0 saturated carbocycles. The number of hydrogen-bond acceptors (Lipinski definition) is 3. The maximum atomic E-state index is 12.9. The topological polar surface area (TPSA) is 66.5 Å². The Kier molecular flexibility index (Phi) is 6.00. The first-order chi connectivity index (χ1) is 13.6. The summed E-state index contributed by atoms with van der Waals surface area (Å²) in [7, 11) is -4.06. The van der Waals surface area contributed by atoms with Crippen molar-refractivity contribution in [3.8, 4) is 0 Å². The largest absolute Gasteiger partial charge is 0.416 e. The van der Waals surface area contributed by atoms with Crippen LogP contribution in [0.25, 0.3) is 0 Å². The maximum absolute atomic E-state index is 12.9. The molecule has 1 N–H and O–H groups in total. The van der Waals surface area contributed by atoms with Crippen LogP contribution in [0.4, 0.5) is 18.9 Å². The number of sulfonamides is 1. The summed E-state index contributed by atoms with van der Waals surface area (Å²) in [5, 5.41) is 2.86. The first-order valence-corrected chi connectivity index (χ1v) is 10.6. The molecule has 1 heterocycles. The standard InChI is InChI=1S/C20H21F3N2O3S/c1-14-5-2-3-8-18(14)24-19(26)15-9-11-25(12-10-15)29(27,28)17-7-4-6-16(13-17)20(21,22)23/h2-8,13,15H,9-12H2,1H3,(H,24,26). The minimum absolute atomic E-state index is 0.0738. The van der Waals surface area contributed by atoms with E-state index in [0.29, 0.717) is 24.6 Å². The second-order valence-corrected chi connectivity index (χ2v) is 8.95. The highest BCUT2D eigenvalue weighted by molar-refractivity contribution is 7.89. The van der Waals surface area contributed by atoms with Crippen LogP contribution in [0.3, 0.4) is 0 Å². The van der Waals surface area contributed by atoms with Crippen LogP contribution in [-0.2, 0) is 21.0 Å². The number of carbonyl (C=O) groups excluding carboxylic acids is 1. The predicted molar refractivity (Wildman–Crippen MR) is 103 cm³/mol. The van der Waals surface area contributed by atoms with Crippen LogP contribution in [0, 0.1) is 12.8 Å². The molecule has 0 aliphatic carbocycles. The summed E-state index contributed by atoms with van der Waals surface area (Å²) < 4.78 is 65.3. The number of piperidine rings is 1. The van der Waals surface area contributed by atoms with E-state index in [0.717, 1.165) is 28.1 Å². The lowest BCUT2D eigenvalue weighted by atomic mass is 9.97. The van der Waals surface area contributed by atoms with Gasteiger partial charge in [0.25, 0.3) is 0 Å². The fraction of sp³-hybridized carbons (Fsp3) is 0.350. The molecule has 0 bridgehead atoms. The van der Waals surface area contributed by atoms with Crippen LogP contribution >= 0.6 is 0 Å². The van der Waals surface area contributed by atoms with Gasteiger partial charge < -0.3 is 5.32 Å². The minimum Gasteiger partial charge on any atom is -0.326 e. The molecule has 0 spiro atoms. The third-order valence-corrected chi connectivity index (χ3v) is 6.92. The van der Waals surface area contributed by atoms with Gasteiger partial charge in [0.05, 0.1) is 10.5 Å². The van der Waals surface area contributed by atoms with Crippen LogP contribution < -0.4 is 5.32 Å². The molecular formula is C20H21F3N2O3S. The Bertz CT molecular complexity index is 998. The number of amides is 1. The Hall–Kier alpha value is -2.39. The smallest absolute Gasteiger partial charge is 0.326 e. The van der Waals surface area contributed by atoms with E-state index in [-0.39, 0.29) is 24.9 Å². The number of benzene rings is 2. The van der Waals surface area contributed by atoms with E-state index >= 15 is 0 Å². The number of anilines is 1. The highest BCUT2D eigenvalue weighted by atomic mass is 32.2. The lowest BCUT2D eigenvalue weighted by Gasteiger charge is -2.30. The zero-order chi connectivity index (χ0) is 21.2. The SMILES string of the molecule is Cc1ccccc1NC(=O)C1CCN(S(=O)(=O)c2cccc(C(F)(F)F)c2)CC1. The summed E-state index contributed by atoms with van der Waals surface area (Å²) in [6.45, 7) is 2.02. The van der Waals surface area contributed by atoms with Gasteiger partial charge in [-0.15, -0.1) is 0 Å². The normalized spacial score (nSPS) is 16.6. The molecule has 3 rings (SSSR count). The van der Waals surface area contributed by atoms with E-state index in [4.69, 9.17) is 0 Å².